The first-order chi connectivity index (χ1) is 8.72. The molecule has 18 heavy (non-hydrogen) atoms. The molecule has 1 N–H and O–H groups in total. The summed E-state index contributed by atoms with van der Waals surface area (Å²) in [5.41, 5.74) is 2.81. The molecular formula is C15H20N2O. The molecule has 0 saturated heterocycles. The first-order valence-corrected chi connectivity index (χ1v) is 6.51. The Kier molecular flexibility index (Phi) is 4.22. The Bertz CT molecular complexity index is 450. The summed E-state index contributed by atoms with van der Waals surface area (Å²) < 4.78 is 5.27. The van der Waals surface area contributed by atoms with Gasteiger partial charge in [0.2, 0.25) is 0 Å². The van der Waals surface area contributed by atoms with Crippen LogP contribution < -0.4 is 10.1 Å². The lowest BCUT2D eigenvalue weighted by Gasteiger charge is -2.26. The number of methoxy groups -OCH3 is 1. The Balaban J connectivity index is 1.98. The molecule has 0 aromatic heterocycles. The smallest absolute Gasteiger partial charge is 0.119 e. The molecule has 1 aliphatic rings. The van der Waals surface area contributed by atoms with Crippen molar-refractivity contribution in [3.05, 3.63) is 29.3 Å². The van der Waals surface area contributed by atoms with E-state index in [1.165, 1.54) is 11.1 Å². The molecule has 1 aliphatic carbocycles. The van der Waals surface area contributed by atoms with Crippen LogP contribution >= 0.6 is 0 Å². The van der Waals surface area contributed by atoms with Gasteiger partial charge in [-0.25, -0.2) is 0 Å². The lowest BCUT2D eigenvalue weighted by Crippen LogP contribution is -2.36. The molecular weight excluding hydrogens is 224 g/mol. The van der Waals surface area contributed by atoms with E-state index in [0.29, 0.717) is 6.04 Å². The highest BCUT2D eigenvalue weighted by molar-refractivity contribution is 5.37. The van der Waals surface area contributed by atoms with E-state index >= 15 is 0 Å². The Morgan fingerprint density at radius 2 is 2.33 bits per heavy atom. The molecule has 0 spiro atoms. The van der Waals surface area contributed by atoms with Crippen molar-refractivity contribution in [1.82, 2.24) is 5.32 Å². The van der Waals surface area contributed by atoms with Crippen LogP contribution in [0.5, 0.6) is 5.75 Å². The highest BCUT2D eigenvalue weighted by Gasteiger charge is 2.19. The van der Waals surface area contributed by atoms with E-state index in [9.17, 15) is 0 Å². The lowest BCUT2D eigenvalue weighted by molar-refractivity contribution is 0.409. The van der Waals surface area contributed by atoms with Crippen LogP contribution in [-0.2, 0) is 12.8 Å². The minimum Gasteiger partial charge on any atom is -0.497 e. The molecule has 0 aliphatic heterocycles. The average Bonchev–Trinajstić information content (AvgIpc) is 2.43. The maximum absolute atomic E-state index is 8.78. The van der Waals surface area contributed by atoms with Gasteiger partial charge >= 0.3 is 0 Å². The topological polar surface area (TPSA) is 45.0 Å². The van der Waals surface area contributed by atoms with Crippen LogP contribution in [0.1, 0.15) is 24.5 Å². The Morgan fingerprint density at radius 1 is 1.50 bits per heavy atom. The van der Waals surface area contributed by atoms with E-state index in [0.717, 1.165) is 31.6 Å². The quantitative estimate of drug-likeness (QED) is 0.884. The van der Waals surface area contributed by atoms with Crippen molar-refractivity contribution in [1.29, 1.82) is 5.26 Å². The zero-order chi connectivity index (χ0) is 13.0. The Labute approximate surface area is 109 Å². The number of fused-ring (bicyclic) bond motifs is 1. The van der Waals surface area contributed by atoms with Crippen molar-refractivity contribution in [2.75, 3.05) is 13.7 Å². The normalized spacial score (nSPS) is 19.7. The molecule has 0 amide bonds. The maximum Gasteiger partial charge on any atom is 0.119 e. The number of benzene rings is 1. The molecule has 2 unspecified atom stereocenters. The SMILES string of the molecule is COc1ccc2c(c1)CC(NCC(C)C#N)CC2. The summed E-state index contributed by atoms with van der Waals surface area (Å²) in [5, 5.41) is 12.3. The highest BCUT2D eigenvalue weighted by atomic mass is 16.5. The third kappa shape index (κ3) is 3.02. The zero-order valence-corrected chi connectivity index (χ0v) is 11.1. The molecule has 96 valence electrons. The van der Waals surface area contributed by atoms with Crippen molar-refractivity contribution in [2.45, 2.75) is 32.2 Å². The zero-order valence-electron chi connectivity index (χ0n) is 11.1. The minimum atomic E-state index is 0.0803. The summed E-state index contributed by atoms with van der Waals surface area (Å²) in [5.74, 6) is 1.01. The Hall–Kier alpha value is -1.53. The molecule has 1 aromatic carbocycles. The predicted molar refractivity (Wildman–Crippen MR) is 71.6 cm³/mol. The third-order valence-electron chi connectivity index (χ3n) is 3.57. The summed E-state index contributed by atoms with van der Waals surface area (Å²) in [6.45, 7) is 2.73. The molecule has 3 nitrogen and oxygen atoms in total. The van der Waals surface area contributed by atoms with Crippen molar-refractivity contribution < 1.29 is 4.74 Å². The summed E-state index contributed by atoms with van der Waals surface area (Å²) >= 11 is 0. The van der Waals surface area contributed by atoms with Crippen molar-refractivity contribution in [2.24, 2.45) is 5.92 Å². The fourth-order valence-corrected chi connectivity index (χ4v) is 2.42. The Morgan fingerprint density at radius 3 is 3.06 bits per heavy atom. The number of rotatable bonds is 4. The number of nitrogens with one attached hydrogen (secondary N) is 1. The molecule has 0 saturated carbocycles. The van der Waals surface area contributed by atoms with Gasteiger partial charge in [-0.2, -0.15) is 5.26 Å². The molecule has 0 heterocycles. The van der Waals surface area contributed by atoms with Gasteiger partial charge in [-0.15, -0.1) is 0 Å². The number of nitrogens with zero attached hydrogens (tertiary/aromatic N) is 1. The number of hydrogen-bond donors (Lipinski definition) is 1. The second-order valence-electron chi connectivity index (χ2n) is 5.01. The lowest BCUT2D eigenvalue weighted by atomic mass is 9.88. The van der Waals surface area contributed by atoms with E-state index in [4.69, 9.17) is 10.00 Å². The highest BCUT2D eigenvalue weighted by Crippen LogP contribution is 2.25. The second-order valence-corrected chi connectivity index (χ2v) is 5.01. The van der Waals surface area contributed by atoms with Crippen molar-refractivity contribution in [3.63, 3.8) is 0 Å². The summed E-state index contributed by atoms with van der Waals surface area (Å²) in [7, 11) is 1.70. The molecule has 0 radical (unpaired) electrons. The van der Waals surface area contributed by atoms with Crippen LogP contribution in [0.25, 0.3) is 0 Å². The van der Waals surface area contributed by atoms with Crippen molar-refractivity contribution >= 4 is 0 Å². The van der Waals surface area contributed by atoms with E-state index in [2.05, 4.69) is 23.5 Å². The van der Waals surface area contributed by atoms with Gasteiger partial charge in [0.05, 0.1) is 19.1 Å². The van der Waals surface area contributed by atoms with Crippen LogP contribution in [0.4, 0.5) is 0 Å². The molecule has 0 fully saturated rings. The monoisotopic (exact) mass is 244 g/mol. The number of hydrogen-bond acceptors (Lipinski definition) is 3. The standard InChI is InChI=1S/C15H20N2O/c1-11(9-16)10-17-14-5-3-12-4-6-15(18-2)8-13(12)7-14/h4,6,8,11,14,17H,3,5,7,10H2,1-2H3. The van der Waals surface area contributed by atoms with Crippen LogP contribution in [-0.4, -0.2) is 19.7 Å². The minimum absolute atomic E-state index is 0.0803. The third-order valence-corrected chi connectivity index (χ3v) is 3.57. The summed E-state index contributed by atoms with van der Waals surface area (Å²) in [6, 6.07) is 9.08. The van der Waals surface area contributed by atoms with Gasteiger partial charge in [-0.3, -0.25) is 0 Å². The summed E-state index contributed by atoms with van der Waals surface area (Å²) in [4.78, 5) is 0. The maximum atomic E-state index is 8.78. The van der Waals surface area contributed by atoms with Gasteiger partial charge in [-0.05, 0) is 49.4 Å². The van der Waals surface area contributed by atoms with Gasteiger partial charge < -0.3 is 10.1 Å². The largest absolute Gasteiger partial charge is 0.497 e. The number of nitriles is 1. The first kappa shape index (κ1) is 12.9. The molecule has 2 atom stereocenters. The van der Waals surface area contributed by atoms with Crippen molar-refractivity contribution in [3.8, 4) is 11.8 Å². The van der Waals surface area contributed by atoms with Gasteiger partial charge in [-0.1, -0.05) is 6.07 Å². The average molecular weight is 244 g/mol. The summed E-state index contributed by atoms with van der Waals surface area (Å²) in [6.07, 6.45) is 3.29. The van der Waals surface area contributed by atoms with Crippen LogP contribution in [0.15, 0.2) is 18.2 Å². The van der Waals surface area contributed by atoms with Gasteiger partial charge in [0.15, 0.2) is 0 Å². The molecule has 1 aromatic rings. The van der Waals surface area contributed by atoms with Crippen LogP contribution in [0.3, 0.4) is 0 Å². The van der Waals surface area contributed by atoms with Crippen LogP contribution in [0.2, 0.25) is 0 Å². The van der Waals surface area contributed by atoms with Crippen LogP contribution in [0, 0.1) is 17.2 Å². The van der Waals surface area contributed by atoms with Gasteiger partial charge in [0, 0.05) is 12.6 Å². The van der Waals surface area contributed by atoms with E-state index in [1.807, 2.05) is 13.0 Å². The second kappa shape index (κ2) is 5.88. The fourth-order valence-electron chi connectivity index (χ4n) is 2.42. The van der Waals surface area contributed by atoms with Gasteiger partial charge in [0.25, 0.3) is 0 Å². The van der Waals surface area contributed by atoms with Gasteiger partial charge in [0.1, 0.15) is 5.75 Å². The predicted octanol–water partition coefficient (Wildman–Crippen LogP) is 2.30. The van der Waals surface area contributed by atoms with E-state index < -0.39 is 0 Å². The fraction of sp³-hybridized carbons (Fsp3) is 0.533. The molecule has 2 rings (SSSR count). The van der Waals surface area contributed by atoms with E-state index in [-0.39, 0.29) is 5.92 Å². The van der Waals surface area contributed by atoms with E-state index in [1.54, 1.807) is 7.11 Å². The number of aryl methyl sites for hydroxylation is 1. The molecule has 3 heteroatoms. The molecule has 0 bridgehead atoms. The first-order valence-electron chi connectivity index (χ1n) is 6.51. The number of ether oxygens (including phenoxy) is 1.